The maximum Gasteiger partial charge on any atom is 0.261 e. The molecule has 0 fully saturated rings. The van der Waals surface area contributed by atoms with Gasteiger partial charge < -0.3 is 5.32 Å². The van der Waals surface area contributed by atoms with Crippen molar-refractivity contribution in [2.75, 3.05) is 10.0 Å². The number of para-hydroxylation sites is 2. The first-order valence-electron chi connectivity index (χ1n) is 8.01. The third-order valence-electron chi connectivity index (χ3n) is 3.79. The van der Waals surface area contributed by atoms with Gasteiger partial charge in [-0.15, -0.1) is 0 Å². The second-order valence-corrected chi connectivity index (χ2v) is 7.47. The highest BCUT2D eigenvalue weighted by molar-refractivity contribution is 7.92. The van der Waals surface area contributed by atoms with Crippen LogP contribution < -0.4 is 10.0 Å². The Bertz CT molecular complexity index is 1010. The van der Waals surface area contributed by atoms with Gasteiger partial charge in [-0.2, -0.15) is 0 Å². The van der Waals surface area contributed by atoms with Crippen LogP contribution in [-0.2, 0) is 10.0 Å². The Labute approximate surface area is 152 Å². The van der Waals surface area contributed by atoms with Crippen LogP contribution in [0.15, 0.2) is 83.8 Å². The number of carbonyl (C=O) groups is 1. The molecular weight excluding hydrogens is 348 g/mol. The number of anilines is 2. The molecule has 3 rings (SSSR count). The van der Waals surface area contributed by atoms with Gasteiger partial charge in [-0.1, -0.05) is 48.0 Å². The van der Waals surface area contributed by atoms with Crippen LogP contribution in [0, 0.1) is 6.92 Å². The van der Waals surface area contributed by atoms with E-state index < -0.39 is 10.0 Å². The molecule has 1 amide bonds. The number of rotatable bonds is 5. The molecule has 0 heterocycles. The molecule has 3 aromatic carbocycles. The minimum absolute atomic E-state index is 0.160. The van der Waals surface area contributed by atoms with Gasteiger partial charge in [-0.05, 0) is 43.3 Å². The van der Waals surface area contributed by atoms with E-state index in [-0.39, 0.29) is 10.8 Å². The first kappa shape index (κ1) is 17.7. The Hall–Kier alpha value is -3.12. The fourth-order valence-electron chi connectivity index (χ4n) is 2.39. The van der Waals surface area contributed by atoms with Crippen molar-refractivity contribution < 1.29 is 13.2 Å². The molecule has 0 bridgehead atoms. The molecule has 0 spiro atoms. The summed E-state index contributed by atoms with van der Waals surface area (Å²) in [6.45, 7) is 1.89. The molecular formula is C20H18N2O3S. The van der Waals surface area contributed by atoms with Gasteiger partial charge in [0.25, 0.3) is 15.9 Å². The van der Waals surface area contributed by atoms with Gasteiger partial charge in [0.05, 0.1) is 16.3 Å². The van der Waals surface area contributed by atoms with Crippen molar-refractivity contribution in [2.45, 2.75) is 11.8 Å². The van der Waals surface area contributed by atoms with E-state index in [4.69, 9.17) is 0 Å². The summed E-state index contributed by atoms with van der Waals surface area (Å²) in [5.41, 5.74) is 2.15. The third-order valence-corrected chi connectivity index (χ3v) is 5.17. The molecule has 5 nitrogen and oxygen atoms in total. The molecule has 0 aliphatic carbocycles. The van der Waals surface area contributed by atoms with E-state index in [1.54, 1.807) is 72.8 Å². The first-order valence-corrected chi connectivity index (χ1v) is 9.49. The Balaban J connectivity index is 1.85. The lowest BCUT2D eigenvalue weighted by Gasteiger charge is -2.13. The molecule has 26 heavy (non-hydrogen) atoms. The van der Waals surface area contributed by atoms with E-state index in [0.29, 0.717) is 16.9 Å². The average Bonchev–Trinajstić information content (AvgIpc) is 2.64. The number of carbonyl (C=O) groups excluding carboxylic acids is 1. The number of hydrogen-bond acceptors (Lipinski definition) is 3. The van der Waals surface area contributed by atoms with Crippen molar-refractivity contribution in [1.82, 2.24) is 0 Å². The van der Waals surface area contributed by atoms with Gasteiger partial charge in [0.15, 0.2) is 0 Å². The van der Waals surface area contributed by atoms with E-state index in [1.165, 1.54) is 0 Å². The first-order chi connectivity index (χ1) is 12.5. The minimum Gasteiger partial charge on any atom is -0.320 e. The molecule has 0 unspecified atom stereocenters. The minimum atomic E-state index is -3.75. The highest BCUT2D eigenvalue weighted by Gasteiger charge is 2.16. The van der Waals surface area contributed by atoms with Crippen molar-refractivity contribution in [2.24, 2.45) is 0 Å². The molecule has 132 valence electrons. The molecule has 6 heteroatoms. The van der Waals surface area contributed by atoms with Crippen molar-refractivity contribution in [1.29, 1.82) is 0 Å². The summed E-state index contributed by atoms with van der Waals surface area (Å²) in [7, 11) is -3.75. The summed E-state index contributed by atoms with van der Waals surface area (Å²) in [4.78, 5) is 12.5. The Morgan fingerprint density at radius 1 is 0.769 bits per heavy atom. The second-order valence-electron chi connectivity index (χ2n) is 5.78. The van der Waals surface area contributed by atoms with Crippen molar-refractivity contribution in [3.63, 3.8) is 0 Å². The van der Waals surface area contributed by atoms with Crippen molar-refractivity contribution >= 4 is 27.3 Å². The molecule has 2 N–H and O–H groups in total. The molecule has 0 saturated heterocycles. The Kier molecular flexibility index (Phi) is 5.04. The fraction of sp³-hybridized carbons (Fsp3) is 0.0500. The monoisotopic (exact) mass is 366 g/mol. The lowest BCUT2D eigenvalue weighted by Crippen LogP contribution is -2.17. The Morgan fingerprint density at radius 3 is 2.00 bits per heavy atom. The van der Waals surface area contributed by atoms with E-state index in [1.807, 2.05) is 13.0 Å². The average molecular weight is 366 g/mol. The number of amides is 1. The molecule has 3 aromatic rings. The lowest BCUT2D eigenvalue weighted by molar-refractivity contribution is 0.102. The molecule has 0 aromatic heterocycles. The van der Waals surface area contributed by atoms with E-state index >= 15 is 0 Å². The van der Waals surface area contributed by atoms with E-state index in [9.17, 15) is 13.2 Å². The van der Waals surface area contributed by atoms with Crippen LogP contribution in [0.3, 0.4) is 0 Å². The van der Waals surface area contributed by atoms with Gasteiger partial charge >= 0.3 is 0 Å². The van der Waals surface area contributed by atoms with Crippen LogP contribution in [-0.4, -0.2) is 14.3 Å². The molecule has 0 saturated carbocycles. The summed E-state index contributed by atoms with van der Waals surface area (Å²) < 4.78 is 27.7. The van der Waals surface area contributed by atoms with Crippen LogP contribution in [0.25, 0.3) is 0 Å². The van der Waals surface area contributed by atoms with Gasteiger partial charge in [-0.3, -0.25) is 9.52 Å². The normalized spacial score (nSPS) is 11.0. The van der Waals surface area contributed by atoms with Gasteiger partial charge in [0, 0.05) is 5.56 Å². The molecule has 0 radical (unpaired) electrons. The summed E-state index contributed by atoms with van der Waals surface area (Å²) in [6.07, 6.45) is 0. The maximum atomic E-state index is 12.6. The zero-order chi connectivity index (χ0) is 18.6. The quantitative estimate of drug-likeness (QED) is 0.715. The van der Waals surface area contributed by atoms with Crippen LogP contribution in [0.4, 0.5) is 11.4 Å². The largest absolute Gasteiger partial charge is 0.320 e. The van der Waals surface area contributed by atoms with E-state index in [0.717, 1.165) is 5.56 Å². The van der Waals surface area contributed by atoms with Crippen molar-refractivity contribution in [3.8, 4) is 0 Å². The highest BCUT2D eigenvalue weighted by atomic mass is 32.2. The fourth-order valence-corrected chi connectivity index (χ4v) is 3.47. The molecule has 0 atom stereocenters. The molecule has 0 aliphatic rings. The summed E-state index contributed by atoms with van der Waals surface area (Å²) >= 11 is 0. The lowest BCUT2D eigenvalue weighted by atomic mass is 10.2. The second kappa shape index (κ2) is 7.41. The summed E-state index contributed by atoms with van der Waals surface area (Å²) in [5.74, 6) is -0.312. The molecule has 0 aliphatic heterocycles. The van der Waals surface area contributed by atoms with Crippen LogP contribution in [0.2, 0.25) is 0 Å². The number of aryl methyl sites for hydroxylation is 1. The van der Waals surface area contributed by atoms with Crippen LogP contribution in [0.1, 0.15) is 15.9 Å². The number of sulfonamides is 1. The highest BCUT2D eigenvalue weighted by Crippen LogP contribution is 2.25. The summed E-state index contributed by atoms with van der Waals surface area (Å²) in [5, 5.41) is 2.74. The predicted octanol–water partition coefficient (Wildman–Crippen LogP) is 4.05. The van der Waals surface area contributed by atoms with Crippen LogP contribution in [0.5, 0.6) is 0 Å². The van der Waals surface area contributed by atoms with E-state index in [2.05, 4.69) is 10.0 Å². The van der Waals surface area contributed by atoms with Gasteiger partial charge in [0.2, 0.25) is 0 Å². The number of benzene rings is 3. The topological polar surface area (TPSA) is 75.3 Å². The zero-order valence-corrected chi connectivity index (χ0v) is 15.0. The Morgan fingerprint density at radius 2 is 1.35 bits per heavy atom. The third kappa shape index (κ3) is 4.10. The standard InChI is InChI=1S/C20H18N2O3S/c1-15-11-13-17(14-12-15)26(24,25)22-19-10-6-5-9-18(19)21-20(23)16-7-3-2-4-8-16/h2-14,22H,1H3,(H,21,23). The predicted molar refractivity (Wildman–Crippen MR) is 103 cm³/mol. The van der Waals surface area contributed by atoms with Gasteiger partial charge in [0.1, 0.15) is 0 Å². The van der Waals surface area contributed by atoms with Gasteiger partial charge in [-0.25, -0.2) is 8.42 Å². The number of hydrogen-bond donors (Lipinski definition) is 2. The van der Waals surface area contributed by atoms with Crippen LogP contribution >= 0.6 is 0 Å². The summed E-state index contributed by atoms with van der Waals surface area (Å²) in [6, 6.07) is 22.0. The van der Waals surface area contributed by atoms with Crippen molar-refractivity contribution in [3.05, 3.63) is 90.0 Å². The SMILES string of the molecule is Cc1ccc(S(=O)(=O)Nc2ccccc2NC(=O)c2ccccc2)cc1. The number of nitrogens with one attached hydrogen (secondary N) is 2. The maximum absolute atomic E-state index is 12.6. The zero-order valence-electron chi connectivity index (χ0n) is 14.1. The smallest absolute Gasteiger partial charge is 0.261 e.